The Morgan fingerprint density at radius 3 is 2.67 bits per heavy atom. The highest BCUT2D eigenvalue weighted by molar-refractivity contribution is 5.93. The number of halogens is 1. The molecule has 0 spiro atoms. The van der Waals surface area contributed by atoms with Gasteiger partial charge in [0, 0.05) is 17.8 Å². The number of nitrogens with one attached hydrogen (secondary N) is 1. The summed E-state index contributed by atoms with van der Waals surface area (Å²) in [6, 6.07) is 6.41. The van der Waals surface area contributed by atoms with Gasteiger partial charge in [0.05, 0.1) is 0 Å². The van der Waals surface area contributed by atoms with Crippen molar-refractivity contribution in [2.75, 3.05) is 6.54 Å². The SMILES string of the molecule is C/C(N)=C(/CCC(C)C)C(=O)NCCc1cccc(F)c1. The summed E-state index contributed by atoms with van der Waals surface area (Å²) in [5.41, 5.74) is 7.89. The molecule has 0 unspecified atom stereocenters. The number of carbonyl (C=O) groups is 1. The lowest BCUT2D eigenvalue weighted by atomic mass is 10.0. The molecular formula is C17H25FN2O. The van der Waals surface area contributed by atoms with Crippen LogP contribution in [0.25, 0.3) is 0 Å². The Bertz CT molecular complexity index is 505. The molecule has 0 radical (unpaired) electrons. The normalized spacial score (nSPS) is 12.2. The molecule has 1 amide bonds. The quantitative estimate of drug-likeness (QED) is 0.758. The van der Waals surface area contributed by atoms with E-state index in [0.29, 0.717) is 36.6 Å². The minimum Gasteiger partial charge on any atom is -0.402 e. The number of hydrogen-bond donors (Lipinski definition) is 2. The molecule has 116 valence electrons. The number of rotatable bonds is 7. The van der Waals surface area contributed by atoms with Crippen molar-refractivity contribution in [3.63, 3.8) is 0 Å². The first kappa shape index (κ1) is 17.2. The molecule has 4 heteroatoms. The van der Waals surface area contributed by atoms with Gasteiger partial charge in [-0.3, -0.25) is 4.79 Å². The number of nitrogens with two attached hydrogens (primary N) is 1. The van der Waals surface area contributed by atoms with E-state index in [2.05, 4.69) is 19.2 Å². The summed E-state index contributed by atoms with van der Waals surface area (Å²) in [5.74, 6) is 0.153. The number of amides is 1. The maximum Gasteiger partial charge on any atom is 0.248 e. The molecule has 0 bridgehead atoms. The zero-order chi connectivity index (χ0) is 15.8. The van der Waals surface area contributed by atoms with Gasteiger partial charge in [0.25, 0.3) is 0 Å². The molecule has 21 heavy (non-hydrogen) atoms. The van der Waals surface area contributed by atoms with Crippen LogP contribution in [0.4, 0.5) is 4.39 Å². The van der Waals surface area contributed by atoms with Crippen LogP contribution in [0.1, 0.15) is 39.2 Å². The first-order valence-corrected chi connectivity index (χ1v) is 7.38. The van der Waals surface area contributed by atoms with Crippen LogP contribution in [0.2, 0.25) is 0 Å². The van der Waals surface area contributed by atoms with Gasteiger partial charge in [0.2, 0.25) is 5.91 Å². The second-order valence-electron chi connectivity index (χ2n) is 5.73. The lowest BCUT2D eigenvalue weighted by Gasteiger charge is -2.12. The average molecular weight is 292 g/mol. The fourth-order valence-electron chi connectivity index (χ4n) is 2.04. The Kier molecular flexibility index (Phi) is 6.92. The van der Waals surface area contributed by atoms with Crippen molar-refractivity contribution in [1.29, 1.82) is 0 Å². The van der Waals surface area contributed by atoms with Gasteiger partial charge in [0.15, 0.2) is 0 Å². The van der Waals surface area contributed by atoms with Crippen LogP contribution in [0.15, 0.2) is 35.5 Å². The van der Waals surface area contributed by atoms with Gasteiger partial charge < -0.3 is 11.1 Å². The van der Waals surface area contributed by atoms with Crippen LogP contribution >= 0.6 is 0 Å². The van der Waals surface area contributed by atoms with Gasteiger partial charge in [-0.15, -0.1) is 0 Å². The third-order valence-corrected chi connectivity index (χ3v) is 3.31. The maximum absolute atomic E-state index is 13.1. The molecule has 0 aliphatic carbocycles. The Labute approximate surface area is 126 Å². The van der Waals surface area contributed by atoms with Crippen molar-refractivity contribution in [3.8, 4) is 0 Å². The number of benzene rings is 1. The summed E-state index contributed by atoms with van der Waals surface area (Å²) in [4.78, 5) is 12.1. The molecule has 0 saturated heterocycles. The summed E-state index contributed by atoms with van der Waals surface area (Å²) >= 11 is 0. The van der Waals surface area contributed by atoms with Crippen molar-refractivity contribution in [2.24, 2.45) is 11.7 Å². The highest BCUT2D eigenvalue weighted by Crippen LogP contribution is 2.13. The van der Waals surface area contributed by atoms with E-state index >= 15 is 0 Å². The van der Waals surface area contributed by atoms with E-state index in [4.69, 9.17) is 5.73 Å². The maximum atomic E-state index is 13.1. The lowest BCUT2D eigenvalue weighted by molar-refractivity contribution is -0.117. The molecule has 1 aromatic rings. The molecule has 3 nitrogen and oxygen atoms in total. The third-order valence-electron chi connectivity index (χ3n) is 3.31. The zero-order valence-electron chi connectivity index (χ0n) is 13.1. The van der Waals surface area contributed by atoms with E-state index in [9.17, 15) is 9.18 Å². The molecule has 1 aromatic carbocycles. The second kappa shape index (κ2) is 8.45. The lowest BCUT2D eigenvalue weighted by Crippen LogP contribution is -2.29. The molecule has 0 aromatic heterocycles. The molecule has 0 aliphatic heterocycles. The minimum absolute atomic E-state index is 0.118. The first-order valence-electron chi connectivity index (χ1n) is 7.38. The van der Waals surface area contributed by atoms with E-state index in [-0.39, 0.29) is 11.7 Å². The molecule has 0 heterocycles. The third kappa shape index (κ3) is 6.43. The fourth-order valence-corrected chi connectivity index (χ4v) is 2.04. The van der Waals surface area contributed by atoms with Crippen LogP contribution < -0.4 is 11.1 Å². The first-order chi connectivity index (χ1) is 9.90. The van der Waals surface area contributed by atoms with Gasteiger partial charge in [0.1, 0.15) is 5.82 Å². The second-order valence-corrected chi connectivity index (χ2v) is 5.73. The van der Waals surface area contributed by atoms with Crippen molar-refractivity contribution >= 4 is 5.91 Å². The highest BCUT2D eigenvalue weighted by Gasteiger charge is 2.12. The Hall–Kier alpha value is -1.84. The molecule has 1 rings (SSSR count). The Morgan fingerprint density at radius 2 is 2.10 bits per heavy atom. The Balaban J connectivity index is 2.49. The van der Waals surface area contributed by atoms with Gasteiger partial charge in [-0.25, -0.2) is 4.39 Å². The summed E-state index contributed by atoms with van der Waals surface area (Å²) < 4.78 is 13.1. The topological polar surface area (TPSA) is 55.1 Å². The summed E-state index contributed by atoms with van der Waals surface area (Å²) in [6.07, 6.45) is 2.22. The number of hydrogen-bond acceptors (Lipinski definition) is 2. The smallest absolute Gasteiger partial charge is 0.248 e. The van der Waals surface area contributed by atoms with E-state index in [0.717, 1.165) is 12.0 Å². The summed E-state index contributed by atoms with van der Waals surface area (Å²) in [5, 5.41) is 2.86. The van der Waals surface area contributed by atoms with Crippen molar-refractivity contribution < 1.29 is 9.18 Å². The van der Waals surface area contributed by atoms with Gasteiger partial charge in [-0.05, 0) is 49.8 Å². The molecule has 0 saturated carbocycles. The average Bonchev–Trinajstić information content (AvgIpc) is 2.38. The van der Waals surface area contributed by atoms with Crippen LogP contribution in [0.3, 0.4) is 0 Å². The van der Waals surface area contributed by atoms with Gasteiger partial charge in [-0.1, -0.05) is 26.0 Å². The summed E-state index contributed by atoms with van der Waals surface area (Å²) in [7, 11) is 0. The largest absolute Gasteiger partial charge is 0.402 e. The Morgan fingerprint density at radius 1 is 1.38 bits per heavy atom. The molecule has 0 fully saturated rings. The van der Waals surface area contributed by atoms with E-state index in [1.165, 1.54) is 12.1 Å². The zero-order valence-corrected chi connectivity index (χ0v) is 13.1. The van der Waals surface area contributed by atoms with Gasteiger partial charge in [-0.2, -0.15) is 0 Å². The minimum atomic E-state index is -0.255. The fraction of sp³-hybridized carbons (Fsp3) is 0.471. The predicted molar refractivity (Wildman–Crippen MR) is 84.1 cm³/mol. The molecule has 0 atom stereocenters. The van der Waals surface area contributed by atoms with Crippen LogP contribution in [-0.2, 0) is 11.2 Å². The van der Waals surface area contributed by atoms with Crippen molar-refractivity contribution in [1.82, 2.24) is 5.32 Å². The highest BCUT2D eigenvalue weighted by atomic mass is 19.1. The molecule has 0 aliphatic rings. The standard InChI is InChI=1S/C17H25FN2O/c1-12(2)7-8-16(13(3)19)17(21)20-10-9-14-5-4-6-15(18)11-14/h4-6,11-12H,7-10,19H2,1-3H3,(H,20,21)/b16-13+. The monoisotopic (exact) mass is 292 g/mol. The van der Waals surface area contributed by atoms with Crippen LogP contribution in [0, 0.1) is 11.7 Å². The number of carbonyl (C=O) groups excluding carboxylic acids is 1. The number of allylic oxidation sites excluding steroid dienone is 1. The van der Waals surface area contributed by atoms with E-state index in [1.54, 1.807) is 13.0 Å². The van der Waals surface area contributed by atoms with Crippen LogP contribution in [-0.4, -0.2) is 12.5 Å². The van der Waals surface area contributed by atoms with Crippen LogP contribution in [0.5, 0.6) is 0 Å². The molecule has 3 N–H and O–H groups in total. The van der Waals surface area contributed by atoms with Crippen molar-refractivity contribution in [3.05, 3.63) is 46.9 Å². The predicted octanol–water partition coefficient (Wildman–Crippen LogP) is 3.15. The van der Waals surface area contributed by atoms with E-state index in [1.807, 2.05) is 6.07 Å². The van der Waals surface area contributed by atoms with Crippen molar-refractivity contribution in [2.45, 2.75) is 40.0 Å². The summed E-state index contributed by atoms with van der Waals surface area (Å²) in [6.45, 7) is 6.46. The van der Waals surface area contributed by atoms with E-state index < -0.39 is 0 Å². The van der Waals surface area contributed by atoms with Gasteiger partial charge >= 0.3 is 0 Å². The molecular weight excluding hydrogens is 267 g/mol.